The van der Waals surface area contributed by atoms with E-state index in [1.807, 2.05) is 30.3 Å². The van der Waals surface area contributed by atoms with Gasteiger partial charge in [-0.1, -0.05) is 158 Å². The first-order valence-corrected chi connectivity index (χ1v) is 19.6. The lowest BCUT2D eigenvalue weighted by Gasteiger charge is -2.23. The molecule has 0 aromatic heterocycles. The van der Waals surface area contributed by atoms with Crippen LogP contribution in [0.3, 0.4) is 0 Å². The third kappa shape index (κ3) is 5.56. The van der Waals surface area contributed by atoms with Crippen LogP contribution in [0, 0.1) is 11.6 Å². The first-order chi connectivity index (χ1) is 28.6. The first-order valence-electron chi connectivity index (χ1n) is 19.6. The topological polar surface area (TPSA) is 0 Å². The predicted octanol–water partition coefficient (Wildman–Crippen LogP) is 16.1. The van der Waals surface area contributed by atoms with Crippen molar-refractivity contribution in [3.8, 4) is 55.6 Å². The van der Waals surface area contributed by atoms with Crippen molar-refractivity contribution in [1.29, 1.82) is 0 Å². The Balaban J connectivity index is 1.38. The van der Waals surface area contributed by atoms with Gasteiger partial charge in [0.2, 0.25) is 0 Å². The molecule has 11 rings (SSSR count). The van der Waals surface area contributed by atoms with E-state index in [2.05, 4.69) is 140 Å². The van der Waals surface area contributed by atoms with Gasteiger partial charge in [-0.25, -0.2) is 8.78 Å². The highest BCUT2D eigenvalue weighted by atomic mass is 19.1. The fourth-order valence-electron chi connectivity index (χ4n) is 9.18. The second-order valence-electron chi connectivity index (χ2n) is 15.1. The van der Waals surface area contributed by atoms with Crippen LogP contribution in [0.1, 0.15) is 0 Å². The van der Waals surface area contributed by atoms with Crippen LogP contribution in [0.5, 0.6) is 0 Å². The van der Waals surface area contributed by atoms with E-state index in [0.717, 1.165) is 98.7 Å². The van der Waals surface area contributed by atoms with Gasteiger partial charge in [0.25, 0.3) is 0 Å². The van der Waals surface area contributed by atoms with Crippen molar-refractivity contribution in [2.45, 2.75) is 0 Å². The van der Waals surface area contributed by atoms with E-state index in [1.54, 1.807) is 24.3 Å². The molecule has 272 valence electrons. The molecule has 0 saturated carbocycles. The molecular weight excluding hydrogens is 711 g/mol. The second-order valence-corrected chi connectivity index (χ2v) is 15.1. The zero-order valence-electron chi connectivity index (χ0n) is 31.4. The van der Waals surface area contributed by atoms with Gasteiger partial charge in [-0.3, -0.25) is 0 Å². The standard InChI is InChI=1S/C56H34F2/c57-43-21-11-19-40(30-43)53-47-28-27-39(35-13-3-1-4-14-35)32-49(47)54(41-20-12-22-44(58)31-41)51-33-48-45-23-9-10-24-46(45)56(42-26-25-36-15-7-8-18-38(36)29-42)55(50(48)34-52(51)53)37-16-5-2-6-17-37/h1-34H. The summed E-state index contributed by atoms with van der Waals surface area (Å²) in [7, 11) is 0. The average molecular weight is 745 g/mol. The Morgan fingerprint density at radius 1 is 0.207 bits per heavy atom. The molecule has 11 aromatic carbocycles. The molecule has 0 fully saturated rings. The molecular formula is C56H34F2. The van der Waals surface area contributed by atoms with E-state index in [1.165, 1.54) is 22.9 Å². The monoisotopic (exact) mass is 744 g/mol. The zero-order chi connectivity index (χ0) is 38.7. The molecule has 0 nitrogen and oxygen atoms in total. The largest absolute Gasteiger partial charge is 0.207 e. The maximum Gasteiger partial charge on any atom is 0.123 e. The Hall–Kier alpha value is -7.42. The summed E-state index contributed by atoms with van der Waals surface area (Å²) < 4.78 is 30.7. The van der Waals surface area contributed by atoms with E-state index in [4.69, 9.17) is 0 Å². The third-order valence-electron chi connectivity index (χ3n) is 11.7. The number of fused-ring (bicyclic) bond motifs is 6. The normalized spacial score (nSPS) is 11.6. The van der Waals surface area contributed by atoms with Crippen LogP contribution in [-0.2, 0) is 0 Å². The van der Waals surface area contributed by atoms with E-state index in [9.17, 15) is 0 Å². The van der Waals surface area contributed by atoms with Crippen molar-refractivity contribution in [3.05, 3.63) is 218 Å². The highest BCUT2D eigenvalue weighted by Gasteiger charge is 2.23. The van der Waals surface area contributed by atoms with Crippen LogP contribution in [0.15, 0.2) is 206 Å². The molecule has 0 atom stereocenters. The third-order valence-corrected chi connectivity index (χ3v) is 11.7. The average Bonchev–Trinajstić information content (AvgIpc) is 3.27. The molecule has 0 unspecified atom stereocenters. The van der Waals surface area contributed by atoms with Gasteiger partial charge < -0.3 is 0 Å². The minimum absolute atomic E-state index is 0.301. The lowest BCUT2D eigenvalue weighted by molar-refractivity contribution is 0.628. The van der Waals surface area contributed by atoms with Crippen molar-refractivity contribution >= 4 is 53.9 Å². The molecule has 11 aromatic rings. The van der Waals surface area contributed by atoms with Crippen molar-refractivity contribution < 1.29 is 8.78 Å². The molecule has 0 aliphatic heterocycles. The Morgan fingerprint density at radius 2 is 0.672 bits per heavy atom. The van der Waals surface area contributed by atoms with Crippen LogP contribution in [0.4, 0.5) is 8.78 Å². The van der Waals surface area contributed by atoms with E-state index in [0.29, 0.717) is 0 Å². The predicted molar refractivity (Wildman–Crippen MR) is 241 cm³/mol. The van der Waals surface area contributed by atoms with E-state index < -0.39 is 0 Å². The van der Waals surface area contributed by atoms with Crippen molar-refractivity contribution in [1.82, 2.24) is 0 Å². The summed E-state index contributed by atoms with van der Waals surface area (Å²) in [6.07, 6.45) is 0. The molecule has 2 heteroatoms. The summed E-state index contributed by atoms with van der Waals surface area (Å²) in [6.45, 7) is 0. The van der Waals surface area contributed by atoms with Crippen LogP contribution < -0.4 is 0 Å². The van der Waals surface area contributed by atoms with E-state index in [-0.39, 0.29) is 11.6 Å². The smallest absolute Gasteiger partial charge is 0.123 e. The SMILES string of the molecule is Fc1cccc(-c2c3ccc(-c4ccccc4)cc3c(-c3cccc(F)c3)c3cc4c(cc23)c(-c2ccccc2)c(-c2ccc3ccccc3c2)c2ccccc24)c1. The summed E-state index contributed by atoms with van der Waals surface area (Å²) in [5, 5.41) is 10.7. The summed E-state index contributed by atoms with van der Waals surface area (Å²) in [4.78, 5) is 0. The molecule has 0 aliphatic carbocycles. The molecule has 0 bridgehead atoms. The summed E-state index contributed by atoms with van der Waals surface area (Å²) in [6, 6.07) is 69.8. The Labute approximate surface area is 334 Å². The molecule has 0 aliphatic rings. The molecule has 0 heterocycles. The highest BCUT2D eigenvalue weighted by Crippen LogP contribution is 2.50. The second kappa shape index (κ2) is 13.7. The van der Waals surface area contributed by atoms with Crippen molar-refractivity contribution in [3.63, 3.8) is 0 Å². The Bertz CT molecular complexity index is 3400. The Kier molecular flexibility index (Phi) is 7.97. The number of hydrogen-bond donors (Lipinski definition) is 0. The molecule has 0 amide bonds. The number of rotatable bonds is 5. The minimum atomic E-state index is -0.302. The summed E-state index contributed by atoms with van der Waals surface area (Å²) in [5.41, 5.74) is 10.1. The maximum absolute atomic E-state index is 15.4. The minimum Gasteiger partial charge on any atom is -0.207 e. The van der Waals surface area contributed by atoms with Gasteiger partial charge >= 0.3 is 0 Å². The van der Waals surface area contributed by atoms with Crippen molar-refractivity contribution in [2.75, 3.05) is 0 Å². The lowest BCUT2D eigenvalue weighted by atomic mass is 9.80. The highest BCUT2D eigenvalue weighted by molar-refractivity contribution is 6.29. The van der Waals surface area contributed by atoms with Crippen LogP contribution in [0.25, 0.3) is 109 Å². The van der Waals surface area contributed by atoms with Gasteiger partial charge in [-0.2, -0.15) is 0 Å². The van der Waals surface area contributed by atoms with Crippen LogP contribution in [0.2, 0.25) is 0 Å². The number of benzene rings is 11. The zero-order valence-corrected chi connectivity index (χ0v) is 31.4. The number of hydrogen-bond acceptors (Lipinski definition) is 0. The lowest BCUT2D eigenvalue weighted by Crippen LogP contribution is -1.96. The maximum atomic E-state index is 15.4. The fourth-order valence-corrected chi connectivity index (χ4v) is 9.18. The molecule has 58 heavy (non-hydrogen) atoms. The summed E-state index contributed by atoms with van der Waals surface area (Å²) in [5.74, 6) is -0.603. The van der Waals surface area contributed by atoms with Crippen LogP contribution >= 0.6 is 0 Å². The van der Waals surface area contributed by atoms with Crippen molar-refractivity contribution in [2.24, 2.45) is 0 Å². The quantitative estimate of drug-likeness (QED) is 0.122. The van der Waals surface area contributed by atoms with Gasteiger partial charge in [0.05, 0.1) is 0 Å². The molecule has 0 saturated heterocycles. The van der Waals surface area contributed by atoms with Gasteiger partial charge in [0, 0.05) is 0 Å². The van der Waals surface area contributed by atoms with Gasteiger partial charge in [-0.15, -0.1) is 0 Å². The van der Waals surface area contributed by atoms with Gasteiger partial charge in [-0.05, 0) is 158 Å². The molecule has 0 spiro atoms. The number of halogens is 2. The molecule has 0 radical (unpaired) electrons. The first kappa shape index (κ1) is 33.9. The van der Waals surface area contributed by atoms with E-state index >= 15 is 8.78 Å². The summed E-state index contributed by atoms with van der Waals surface area (Å²) >= 11 is 0. The van der Waals surface area contributed by atoms with Gasteiger partial charge in [0.15, 0.2) is 0 Å². The Morgan fingerprint density at radius 3 is 1.36 bits per heavy atom. The van der Waals surface area contributed by atoms with Crippen LogP contribution in [-0.4, -0.2) is 0 Å². The fraction of sp³-hybridized carbons (Fsp3) is 0. The molecule has 0 N–H and O–H groups in total. The van der Waals surface area contributed by atoms with Gasteiger partial charge in [0.1, 0.15) is 11.6 Å².